The maximum Gasteiger partial charge on any atom is 0.181 e. The van der Waals surface area contributed by atoms with E-state index in [0.717, 1.165) is 11.1 Å². The highest BCUT2D eigenvalue weighted by molar-refractivity contribution is 6.30. The number of aromatic hydroxyl groups is 1. The Morgan fingerprint density at radius 3 is 2.58 bits per heavy atom. The Bertz CT molecular complexity index is 664. The van der Waals surface area contributed by atoms with Crippen LogP contribution in [0.5, 0.6) is 5.75 Å². The van der Waals surface area contributed by atoms with E-state index in [-0.39, 0.29) is 5.75 Å². The highest BCUT2D eigenvalue weighted by Crippen LogP contribution is 2.24. The molecular weight excluding hydrogens is 262 g/mol. The van der Waals surface area contributed by atoms with E-state index in [9.17, 15) is 5.11 Å². The summed E-state index contributed by atoms with van der Waals surface area (Å²) in [6, 6.07) is 14.2. The van der Waals surface area contributed by atoms with Gasteiger partial charge >= 0.3 is 0 Å². The largest absolute Gasteiger partial charge is 0.508 e. The zero-order valence-corrected chi connectivity index (χ0v) is 10.6. The van der Waals surface area contributed by atoms with Crippen LogP contribution in [0.3, 0.4) is 0 Å². The SMILES string of the molecule is Oc1cccc(-c2nc(-c3cccc(Cl)c3)n[nH]2)c1. The molecule has 0 atom stereocenters. The normalized spacial score (nSPS) is 10.6. The molecule has 94 valence electrons. The average Bonchev–Trinajstić information content (AvgIpc) is 2.88. The van der Waals surface area contributed by atoms with Crippen molar-refractivity contribution in [2.45, 2.75) is 0 Å². The van der Waals surface area contributed by atoms with Crippen molar-refractivity contribution in [3.8, 4) is 28.5 Å². The summed E-state index contributed by atoms with van der Waals surface area (Å²) in [4.78, 5) is 4.40. The number of halogens is 1. The lowest BCUT2D eigenvalue weighted by Crippen LogP contribution is -1.81. The van der Waals surface area contributed by atoms with Crippen LogP contribution < -0.4 is 0 Å². The highest BCUT2D eigenvalue weighted by Gasteiger charge is 2.08. The topological polar surface area (TPSA) is 61.8 Å². The van der Waals surface area contributed by atoms with Crippen molar-refractivity contribution < 1.29 is 5.11 Å². The summed E-state index contributed by atoms with van der Waals surface area (Å²) in [5.74, 6) is 1.37. The van der Waals surface area contributed by atoms with Crippen LogP contribution in [-0.4, -0.2) is 20.3 Å². The summed E-state index contributed by atoms with van der Waals surface area (Å²) in [6.07, 6.45) is 0. The van der Waals surface area contributed by atoms with E-state index in [0.29, 0.717) is 16.7 Å². The lowest BCUT2D eigenvalue weighted by Gasteiger charge is -1.97. The van der Waals surface area contributed by atoms with E-state index >= 15 is 0 Å². The summed E-state index contributed by atoms with van der Waals surface area (Å²) in [7, 11) is 0. The maximum absolute atomic E-state index is 9.46. The van der Waals surface area contributed by atoms with E-state index in [1.54, 1.807) is 30.3 Å². The van der Waals surface area contributed by atoms with Crippen LogP contribution in [0.25, 0.3) is 22.8 Å². The zero-order chi connectivity index (χ0) is 13.2. The number of benzene rings is 2. The first-order valence-electron chi connectivity index (χ1n) is 5.70. The first kappa shape index (κ1) is 11.7. The number of aromatic nitrogens is 3. The predicted molar refractivity (Wildman–Crippen MR) is 73.9 cm³/mol. The van der Waals surface area contributed by atoms with Crippen LogP contribution >= 0.6 is 11.6 Å². The van der Waals surface area contributed by atoms with E-state index in [1.165, 1.54) is 0 Å². The molecule has 3 aromatic rings. The summed E-state index contributed by atoms with van der Waals surface area (Å²) >= 11 is 5.94. The van der Waals surface area contributed by atoms with Crippen molar-refractivity contribution >= 4 is 11.6 Å². The van der Waals surface area contributed by atoms with Gasteiger partial charge in [0, 0.05) is 16.1 Å². The van der Waals surface area contributed by atoms with E-state index < -0.39 is 0 Å². The third-order valence-electron chi connectivity index (χ3n) is 2.69. The van der Waals surface area contributed by atoms with Gasteiger partial charge in [-0.3, -0.25) is 5.10 Å². The minimum absolute atomic E-state index is 0.193. The molecule has 0 radical (unpaired) electrons. The lowest BCUT2D eigenvalue weighted by molar-refractivity contribution is 0.475. The fraction of sp³-hybridized carbons (Fsp3) is 0. The molecule has 0 aliphatic heterocycles. The minimum atomic E-state index is 0.193. The number of nitrogens with zero attached hydrogens (tertiary/aromatic N) is 2. The predicted octanol–water partition coefficient (Wildman–Crippen LogP) is 3.50. The van der Waals surface area contributed by atoms with Gasteiger partial charge in [0.1, 0.15) is 5.75 Å². The van der Waals surface area contributed by atoms with Gasteiger partial charge in [0.25, 0.3) is 0 Å². The first-order chi connectivity index (χ1) is 9.22. The molecule has 0 spiro atoms. The number of aromatic amines is 1. The van der Waals surface area contributed by atoms with Gasteiger partial charge in [0.15, 0.2) is 11.6 Å². The van der Waals surface area contributed by atoms with Crippen LogP contribution in [0.2, 0.25) is 5.02 Å². The number of hydrogen-bond acceptors (Lipinski definition) is 3. The smallest absolute Gasteiger partial charge is 0.181 e. The molecule has 2 aromatic carbocycles. The molecule has 4 nitrogen and oxygen atoms in total. The Balaban J connectivity index is 2.00. The Labute approximate surface area is 114 Å². The number of H-pyrrole nitrogens is 1. The number of phenols is 1. The Morgan fingerprint density at radius 1 is 1.00 bits per heavy atom. The third kappa shape index (κ3) is 2.44. The highest BCUT2D eigenvalue weighted by atomic mass is 35.5. The van der Waals surface area contributed by atoms with Crippen molar-refractivity contribution in [3.05, 3.63) is 53.6 Å². The van der Waals surface area contributed by atoms with Crippen LogP contribution in [0, 0.1) is 0 Å². The summed E-state index contributed by atoms with van der Waals surface area (Å²) < 4.78 is 0. The number of hydrogen-bond donors (Lipinski definition) is 2. The fourth-order valence-electron chi connectivity index (χ4n) is 1.80. The molecule has 5 heteroatoms. The van der Waals surface area contributed by atoms with Crippen LogP contribution in [-0.2, 0) is 0 Å². The molecule has 0 saturated heterocycles. The van der Waals surface area contributed by atoms with Crippen molar-refractivity contribution in [1.29, 1.82) is 0 Å². The van der Waals surface area contributed by atoms with E-state index in [1.807, 2.05) is 18.2 Å². The number of rotatable bonds is 2. The van der Waals surface area contributed by atoms with Gasteiger partial charge in [-0.15, -0.1) is 0 Å². The molecule has 0 fully saturated rings. The van der Waals surface area contributed by atoms with Gasteiger partial charge in [-0.1, -0.05) is 35.9 Å². The second-order valence-corrected chi connectivity index (χ2v) is 4.50. The van der Waals surface area contributed by atoms with Crippen molar-refractivity contribution in [3.63, 3.8) is 0 Å². The molecule has 0 bridgehead atoms. The van der Waals surface area contributed by atoms with Crippen LogP contribution in [0.1, 0.15) is 0 Å². The first-order valence-corrected chi connectivity index (χ1v) is 6.08. The third-order valence-corrected chi connectivity index (χ3v) is 2.92. The summed E-state index contributed by atoms with van der Waals surface area (Å²) in [6.45, 7) is 0. The molecule has 1 aromatic heterocycles. The molecule has 0 saturated carbocycles. The Morgan fingerprint density at radius 2 is 1.79 bits per heavy atom. The summed E-state index contributed by atoms with van der Waals surface area (Å²) in [5.41, 5.74) is 1.62. The van der Waals surface area contributed by atoms with Crippen LogP contribution in [0.15, 0.2) is 48.5 Å². The number of nitrogens with one attached hydrogen (secondary N) is 1. The Hall–Kier alpha value is -2.33. The number of phenolic OH excluding ortho intramolecular Hbond substituents is 1. The van der Waals surface area contributed by atoms with Gasteiger partial charge in [0.2, 0.25) is 0 Å². The van der Waals surface area contributed by atoms with Gasteiger partial charge in [0.05, 0.1) is 0 Å². The molecule has 0 amide bonds. The van der Waals surface area contributed by atoms with Gasteiger partial charge in [-0.05, 0) is 24.3 Å². The van der Waals surface area contributed by atoms with E-state index in [2.05, 4.69) is 15.2 Å². The maximum atomic E-state index is 9.46. The van der Waals surface area contributed by atoms with Crippen LogP contribution in [0.4, 0.5) is 0 Å². The average molecular weight is 272 g/mol. The standard InChI is InChI=1S/C14H10ClN3O/c15-11-5-1-3-9(7-11)13-16-14(18-17-13)10-4-2-6-12(19)8-10/h1-8,19H,(H,16,17,18). The second kappa shape index (κ2) is 4.74. The van der Waals surface area contributed by atoms with Gasteiger partial charge in [-0.2, -0.15) is 5.10 Å². The molecule has 3 rings (SSSR count). The van der Waals surface area contributed by atoms with Crippen molar-refractivity contribution in [1.82, 2.24) is 15.2 Å². The Kier molecular flexibility index (Phi) is 2.93. The van der Waals surface area contributed by atoms with Crippen molar-refractivity contribution in [2.24, 2.45) is 0 Å². The molecule has 1 heterocycles. The monoisotopic (exact) mass is 271 g/mol. The lowest BCUT2D eigenvalue weighted by atomic mass is 10.2. The molecule has 19 heavy (non-hydrogen) atoms. The van der Waals surface area contributed by atoms with Gasteiger partial charge < -0.3 is 5.11 Å². The molecule has 2 N–H and O–H groups in total. The molecule has 0 unspecified atom stereocenters. The molecule has 0 aliphatic carbocycles. The summed E-state index contributed by atoms with van der Waals surface area (Å²) in [5, 5.41) is 17.1. The second-order valence-electron chi connectivity index (χ2n) is 4.07. The molecular formula is C14H10ClN3O. The minimum Gasteiger partial charge on any atom is -0.508 e. The van der Waals surface area contributed by atoms with Crippen molar-refractivity contribution in [2.75, 3.05) is 0 Å². The van der Waals surface area contributed by atoms with E-state index in [4.69, 9.17) is 11.6 Å². The molecule has 0 aliphatic rings. The fourth-order valence-corrected chi connectivity index (χ4v) is 1.99. The zero-order valence-electron chi connectivity index (χ0n) is 9.84. The van der Waals surface area contributed by atoms with Gasteiger partial charge in [-0.25, -0.2) is 4.98 Å². The quantitative estimate of drug-likeness (QED) is 0.750.